The van der Waals surface area contributed by atoms with E-state index in [1.165, 1.54) is 12.1 Å². The van der Waals surface area contributed by atoms with E-state index >= 15 is 0 Å². The zero-order valence-electron chi connectivity index (χ0n) is 21.1. The smallest absolute Gasteiger partial charge is 0.270 e. The van der Waals surface area contributed by atoms with Gasteiger partial charge in [0.1, 0.15) is 17.1 Å². The highest BCUT2D eigenvalue weighted by Crippen LogP contribution is 2.32. The third kappa shape index (κ3) is 4.72. The Morgan fingerprint density at radius 1 is 0.921 bits per heavy atom. The topological polar surface area (TPSA) is 124 Å². The van der Waals surface area contributed by atoms with Gasteiger partial charge < -0.3 is 30.1 Å². The quantitative estimate of drug-likeness (QED) is 0.326. The molecular formula is C28H29N5O5. The number of benzene rings is 1. The fraction of sp³-hybridized carbons (Fsp3) is 0.286. The molecule has 10 heteroatoms. The molecule has 0 bridgehead atoms. The minimum Gasteiger partial charge on any atom is -0.505 e. The van der Waals surface area contributed by atoms with Crippen molar-refractivity contribution in [2.75, 3.05) is 43.4 Å². The van der Waals surface area contributed by atoms with Gasteiger partial charge in [-0.2, -0.15) is 0 Å². The average molecular weight is 516 g/mol. The van der Waals surface area contributed by atoms with E-state index in [2.05, 4.69) is 22.8 Å². The van der Waals surface area contributed by atoms with Crippen molar-refractivity contribution in [3.8, 4) is 5.75 Å². The molecule has 0 atom stereocenters. The molecule has 10 nitrogen and oxygen atoms in total. The summed E-state index contributed by atoms with van der Waals surface area (Å²) in [6.45, 7) is 1.79. The van der Waals surface area contributed by atoms with E-state index in [4.69, 9.17) is 0 Å². The van der Waals surface area contributed by atoms with Gasteiger partial charge in [-0.05, 0) is 42.7 Å². The van der Waals surface area contributed by atoms with E-state index in [9.17, 15) is 24.3 Å². The van der Waals surface area contributed by atoms with Crippen LogP contribution in [0.15, 0.2) is 69.9 Å². The lowest BCUT2D eigenvalue weighted by molar-refractivity contribution is 0.0528. The fourth-order valence-corrected chi connectivity index (χ4v) is 4.75. The van der Waals surface area contributed by atoms with Crippen LogP contribution < -0.4 is 21.5 Å². The zero-order valence-corrected chi connectivity index (χ0v) is 21.1. The predicted octanol–water partition coefficient (Wildman–Crippen LogP) is 2.36. The number of allylic oxidation sites excluding steroid dienone is 2. The molecule has 3 aromatic rings. The molecule has 1 fully saturated rings. The normalized spacial score (nSPS) is 15.4. The molecule has 0 spiro atoms. The van der Waals surface area contributed by atoms with Crippen molar-refractivity contribution in [3.05, 3.63) is 92.0 Å². The molecule has 2 aliphatic rings. The van der Waals surface area contributed by atoms with Crippen molar-refractivity contribution in [3.63, 3.8) is 0 Å². The Morgan fingerprint density at radius 3 is 2.29 bits per heavy atom. The summed E-state index contributed by atoms with van der Waals surface area (Å²) in [6, 6.07) is 8.21. The number of carbonyl (C=O) groups excluding carboxylic acids is 2. The fourth-order valence-electron chi connectivity index (χ4n) is 4.75. The Balaban J connectivity index is 1.25. The molecule has 0 saturated carbocycles. The molecule has 5 rings (SSSR count). The number of amides is 2. The van der Waals surface area contributed by atoms with Gasteiger partial charge in [0, 0.05) is 46.0 Å². The molecule has 0 radical (unpaired) electrons. The molecule has 1 aliphatic carbocycles. The lowest BCUT2D eigenvalue weighted by Crippen LogP contribution is -2.50. The van der Waals surface area contributed by atoms with E-state index < -0.39 is 10.9 Å². The van der Waals surface area contributed by atoms with Crippen LogP contribution in [-0.2, 0) is 7.05 Å². The zero-order chi connectivity index (χ0) is 26.8. The number of carbonyl (C=O) groups is 2. The maximum absolute atomic E-state index is 13.2. The minimum absolute atomic E-state index is 0.0584. The monoisotopic (exact) mass is 515 g/mol. The number of anilines is 3. The van der Waals surface area contributed by atoms with Gasteiger partial charge in [-0.25, -0.2) is 0 Å². The van der Waals surface area contributed by atoms with Gasteiger partial charge in [0.25, 0.3) is 22.7 Å². The molecular weight excluding hydrogens is 486 g/mol. The lowest BCUT2D eigenvalue weighted by atomic mass is 10.1. The second-order valence-corrected chi connectivity index (χ2v) is 9.44. The maximum atomic E-state index is 13.2. The number of nitrogens with one attached hydrogen (secondary N) is 2. The van der Waals surface area contributed by atoms with Crippen LogP contribution in [0.4, 0.5) is 17.1 Å². The Labute approximate surface area is 219 Å². The van der Waals surface area contributed by atoms with Gasteiger partial charge in [-0.15, -0.1) is 0 Å². The number of aromatic hydroxyl groups is 1. The first-order valence-electron chi connectivity index (χ1n) is 12.6. The van der Waals surface area contributed by atoms with E-state index in [0.717, 1.165) is 18.4 Å². The summed E-state index contributed by atoms with van der Waals surface area (Å²) >= 11 is 0. The van der Waals surface area contributed by atoms with Crippen molar-refractivity contribution in [1.82, 2.24) is 14.4 Å². The summed E-state index contributed by atoms with van der Waals surface area (Å²) in [4.78, 5) is 53.7. The van der Waals surface area contributed by atoms with Crippen LogP contribution in [0.5, 0.6) is 5.75 Å². The second-order valence-electron chi connectivity index (χ2n) is 9.44. The Bertz CT molecular complexity index is 1520. The number of aromatic nitrogens is 1. The third-order valence-electron chi connectivity index (χ3n) is 6.99. The summed E-state index contributed by atoms with van der Waals surface area (Å²) < 4.78 is 1.76. The maximum Gasteiger partial charge on any atom is 0.270 e. The van der Waals surface area contributed by atoms with Gasteiger partial charge in [0.15, 0.2) is 5.75 Å². The van der Waals surface area contributed by atoms with Crippen LogP contribution in [0, 0.1) is 0 Å². The molecule has 1 aromatic heterocycles. The summed E-state index contributed by atoms with van der Waals surface area (Å²) in [5.74, 6) is -0.778. The third-order valence-corrected chi connectivity index (χ3v) is 6.99. The van der Waals surface area contributed by atoms with Gasteiger partial charge in [-0.1, -0.05) is 24.3 Å². The predicted molar refractivity (Wildman–Crippen MR) is 145 cm³/mol. The van der Waals surface area contributed by atoms with Crippen molar-refractivity contribution < 1.29 is 14.7 Å². The van der Waals surface area contributed by atoms with Crippen LogP contribution in [-0.4, -0.2) is 64.0 Å². The van der Waals surface area contributed by atoms with Crippen molar-refractivity contribution in [2.24, 2.45) is 7.05 Å². The van der Waals surface area contributed by atoms with Crippen LogP contribution in [0.3, 0.4) is 0 Å². The van der Waals surface area contributed by atoms with Gasteiger partial charge >= 0.3 is 0 Å². The molecule has 38 heavy (non-hydrogen) atoms. The highest BCUT2D eigenvalue weighted by atomic mass is 16.3. The molecule has 2 aromatic carbocycles. The molecule has 2 amide bonds. The average Bonchev–Trinajstić information content (AvgIpc) is 3.38. The van der Waals surface area contributed by atoms with Crippen LogP contribution >= 0.6 is 0 Å². The first-order valence-corrected chi connectivity index (χ1v) is 12.6. The van der Waals surface area contributed by atoms with Gasteiger partial charge in [0.2, 0.25) is 0 Å². The van der Waals surface area contributed by atoms with Gasteiger partial charge in [0.05, 0.1) is 11.3 Å². The number of nitrogens with zero attached hydrogens (tertiary/aromatic N) is 3. The number of aryl methyl sites for hydroxylation is 1. The number of hydrogen-bond acceptors (Lipinski definition) is 7. The number of phenols is 1. The van der Waals surface area contributed by atoms with Crippen LogP contribution in [0.25, 0.3) is 0 Å². The summed E-state index contributed by atoms with van der Waals surface area (Å²) in [6.07, 6.45) is 9.82. The molecule has 1 saturated heterocycles. The molecule has 0 unspecified atom stereocenters. The largest absolute Gasteiger partial charge is 0.505 e. The van der Waals surface area contributed by atoms with Crippen molar-refractivity contribution in [1.29, 1.82) is 0 Å². The number of phenolic OH excluding ortho intramolecular Hbond substituents is 1. The Morgan fingerprint density at radius 2 is 1.63 bits per heavy atom. The molecule has 2 heterocycles. The highest BCUT2D eigenvalue weighted by Gasteiger charge is 2.29. The van der Waals surface area contributed by atoms with Crippen molar-refractivity contribution in [2.45, 2.75) is 12.8 Å². The van der Waals surface area contributed by atoms with E-state index in [-0.39, 0.29) is 40.2 Å². The second kappa shape index (κ2) is 10.4. The number of hydrogen-bond donors (Lipinski definition) is 3. The van der Waals surface area contributed by atoms with E-state index in [0.29, 0.717) is 38.4 Å². The minimum atomic E-state index is -0.684. The first-order chi connectivity index (χ1) is 18.3. The molecule has 3 N–H and O–H groups in total. The lowest BCUT2D eigenvalue weighted by Gasteiger charge is -2.35. The van der Waals surface area contributed by atoms with Crippen molar-refractivity contribution >= 4 is 28.9 Å². The van der Waals surface area contributed by atoms with Crippen LogP contribution in [0.2, 0.25) is 0 Å². The van der Waals surface area contributed by atoms with E-state index in [1.807, 2.05) is 25.4 Å². The molecule has 196 valence electrons. The standard InChI is InChI=1S/C28H29N5O5/c1-31-12-6-11-21(31)28(38)33-15-13-32(14-16-33)27(37)19-9-5-10-20(24(19)34)30-23-22(25(35)26(23)36)29-17-18-7-3-2-4-8-18/h3,5-12,29-30,34H,2,4,13-17H2,1H3. The van der Waals surface area contributed by atoms with Gasteiger partial charge in [-0.3, -0.25) is 19.2 Å². The SMILES string of the molecule is Cn1cccc1C(=O)N1CCN(C(=O)c2cccc(Nc3c(NCC4=CCCC=C4)c(=O)c3=O)c2O)CC1. The summed E-state index contributed by atoms with van der Waals surface area (Å²) in [7, 11) is 1.81. The van der Waals surface area contributed by atoms with E-state index in [1.54, 1.807) is 26.5 Å². The summed E-state index contributed by atoms with van der Waals surface area (Å²) in [5.41, 5.74) is 0.742. The number of para-hydroxylation sites is 1. The highest BCUT2D eigenvalue weighted by molar-refractivity contribution is 5.99. The first kappa shape index (κ1) is 25.1. The molecule has 1 aliphatic heterocycles. The number of piperazine rings is 1. The Kier molecular flexibility index (Phi) is 6.87. The Hall–Kier alpha value is -4.60. The summed E-state index contributed by atoms with van der Waals surface area (Å²) in [5, 5.41) is 16.7. The number of rotatable bonds is 7. The van der Waals surface area contributed by atoms with Crippen LogP contribution in [0.1, 0.15) is 33.7 Å².